The van der Waals surface area contributed by atoms with Crippen molar-refractivity contribution in [2.75, 3.05) is 25.5 Å². The summed E-state index contributed by atoms with van der Waals surface area (Å²) in [4.78, 5) is 28.9. The Morgan fingerprint density at radius 1 is 1.38 bits per heavy atom. The van der Waals surface area contributed by atoms with Crippen LogP contribution in [0.3, 0.4) is 0 Å². The maximum Gasteiger partial charge on any atom is 0.322 e. The SMILES string of the molecule is C[C@@H]1Cc2nn3c(c2CN1C(=O)Nc1ccc(F)c(C#N)c1F)C(=O)N(C)C[C@H](CO)C3. The highest BCUT2D eigenvalue weighted by Gasteiger charge is 2.37. The number of benzene rings is 1. The molecule has 3 amide bonds. The first-order valence-electron chi connectivity index (χ1n) is 10.2. The van der Waals surface area contributed by atoms with Gasteiger partial charge in [-0.1, -0.05) is 0 Å². The predicted molar refractivity (Wildman–Crippen MR) is 109 cm³/mol. The molecule has 1 aromatic heterocycles. The van der Waals surface area contributed by atoms with E-state index in [1.165, 1.54) is 15.9 Å². The van der Waals surface area contributed by atoms with Crippen molar-refractivity contribution >= 4 is 17.6 Å². The van der Waals surface area contributed by atoms with E-state index in [4.69, 9.17) is 5.26 Å². The molecular formula is C21H22F2N6O3. The quantitative estimate of drug-likeness (QED) is 0.732. The van der Waals surface area contributed by atoms with Crippen LogP contribution >= 0.6 is 0 Å². The van der Waals surface area contributed by atoms with Gasteiger partial charge in [-0.3, -0.25) is 9.48 Å². The second-order valence-electron chi connectivity index (χ2n) is 8.20. The molecule has 0 unspecified atom stereocenters. The van der Waals surface area contributed by atoms with Crippen LogP contribution in [0, 0.1) is 28.9 Å². The number of carbonyl (C=O) groups excluding carboxylic acids is 2. The molecule has 0 saturated carbocycles. The fourth-order valence-electron chi connectivity index (χ4n) is 4.25. The van der Waals surface area contributed by atoms with Gasteiger partial charge in [0.2, 0.25) is 0 Å². The van der Waals surface area contributed by atoms with E-state index in [9.17, 15) is 23.5 Å². The molecule has 0 spiro atoms. The fourth-order valence-corrected chi connectivity index (χ4v) is 4.25. The van der Waals surface area contributed by atoms with Crippen LogP contribution in [0.1, 0.15) is 34.2 Å². The Labute approximate surface area is 182 Å². The number of rotatable bonds is 2. The van der Waals surface area contributed by atoms with E-state index in [0.29, 0.717) is 36.5 Å². The van der Waals surface area contributed by atoms with Gasteiger partial charge in [-0.15, -0.1) is 0 Å². The first kappa shape index (κ1) is 21.7. The Morgan fingerprint density at radius 3 is 2.81 bits per heavy atom. The van der Waals surface area contributed by atoms with Crippen molar-refractivity contribution in [3.8, 4) is 6.07 Å². The van der Waals surface area contributed by atoms with Gasteiger partial charge in [-0.05, 0) is 19.1 Å². The molecule has 2 aliphatic heterocycles. The summed E-state index contributed by atoms with van der Waals surface area (Å²) in [6, 6.07) is 2.48. The van der Waals surface area contributed by atoms with E-state index in [1.54, 1.807) is 18.7 Å². The van der Waals surface area contributed by atoms with Crippen molar-refractivity contribution in [3.05, 3.63) is 46.3 Å². The average molecular weight is 444 g/mol. The summed E-state index contributed by atoms with van der Waals surface area (Å²) in [6.07, 6.45) is 0.388. The molecule has 168 valence electrons. The van der Waals surface area contributed by atoms with E-state index in [-0.39, 0.29) is 36.7 Å². The number of hydrogen-bond donors (Lipinski definition) is 2. The summed E-state index contributed by atoms with van der Waals surface area (Å²) in [5.74, 6) is -2.55. The molecule has 3 heterocycles. The molecule has 0 bridgehead atoms. The van der Waals surface area contributed by atoms with E-state index in [2.05, 4.69) is 10.4 Å². The number of aliphatic hydroxyl groups excluding tert-OH is 1. The lowest BCUT2D eigenvalue weighted by Gasteiger charge is -2.33. The smallest absolute Gasteiger partial charge is 0.322 e. The number of fused-ring (bicyclic) bond motifs is 3. The molecule has 32 heavy (non-hydrogen) atoms. The molecule has 4 rings (SSSR count). The Kier molecular flexibility index (Phi) is 5.56. The monoisotopic (exact) mass is 444 g/mol. The van der Waals surface area contributed by atoms with Gasteiger partial charge in [0.15, 0.2) is 5.82 Å². The molecule has 1 aromatic carbocycles. The zero-order valence-corrected chi connectivity index (χ0v) is 17.6. The number of aliphatic hydroxyl groups is 1. The third-order valence-electron chi connectivity index (χ3n) is 5.96. The van der Waals surface area contributed by atoms with E-state index < -0.39 is 23.2 Å². The number of nitriles is 1. The standard InChI is InChI=1S/C21H22F2N6O3/c1-11-5-17-14(19-20(31)27(2)7-12(10-30)8-29(19)26-17)9-28(11)21(32)25-16-4-3-15(22)13(6-24)18(16)23/h3-4,11-12,30H,5,7-10H2,1-2H3,(H,25,32)/t11-,12+/m1/s1. The van der Waals surface area contributed by atoms with Crippen molar-refractivity contribution in [2.24, 2.45) is 5.92 Å². The molecule has 2 aliphatic rings. The number of hydrogen-bond acceptors (Lipinski definition) is 5. The third kappa shape index (κ3) is 3.56. The number of anilines is 1. The third-order valence-corrected chi connectivity index (χ3v) is 5.96. The van der Waals surface area contributed by atoms with Gasteiger partial charge in [0.25, 0.3) is 5.91 Å². The highest BCUT2D eigenvalue weighted by atomic mass is 19.1. The molecule has 0 fully saturated rings. The molecule has 0 radical (unpaired) electrons. The zero-order valence-electron chi connectivity index (χ0n) is 17.6. The Balaban J connectivity index is 1.63. The van der Waals surface area contributed by atoms with Gasteiger partial charge in [-0.2, -0.15) is 10.4 Å². The Bertz CT molecular complexity index is 1140. The number of amides is 3. The first-order chi connectivity index (χ1) is 15.2. The fraction of sp³-hybridized carbons (Fsp3) is 0.429. The summed E-state index contributed by atoms with van der Waals surface area (Å²) in [6.45, 7) is 2.57. The maximum atomic E-state index is 14.4. The molecule has 2 N–H and O–H groups in total. The zero-order chi connectivity index (χ0) is 23.2. The highest BCUT2D eigenvalue weighted by Crippen LogP contribution is 2.30. The minimum atomic E-state index is -1.14. The van der Waals surface area contributed by atoms with Crippen molar-refractivity contribution < 1.29 is 23.5 Å². The normalized spacial score (nSPS) is 20.3. The van der Waals surface area contributed by atoms with Crippen molar-refractivity contribution in [2.45, 2.75) is 32.5 Å². The van der Waals surface area contributed by atoms with Crippen LogP contribution in [0.5, 0.6) is 0 Å². The number of nitrogens with one attached hydrogen (secondary N) is 1. The van der Waals surface area contributed by atoms with Crippen LogP contribution in [0.15, 0.2) is 12.1 Å². The molecule has 2 aromatic rings. The summed E-state index contributed by atoms with van der Waals surface area (Å²) in [7, 11) is 1.65. The van der Waals surface area contributed by atoms with Gasteiger partial charge in [-0.25, -0.2) is 13.6 Å². The number of halogens is 2. The number of aromatic nitrogens is 2. The van der Waals surface area contributed by atoms with E-state index in [0.717, 1.165) is 12.1 Å². The van der Waals surface area contributed by atoms with Crippen molar-refractivity contribution in [1.82, 2.24) is 19.6 Å². The number of carbonyl (C=O) groups is 2. The van der Waals surface area contributed by atoms with Crippen LogP contribution in [-0.2, 0) is 19.5 Å². The lowest BCUT2D eigenvalue weighted by atomic mass is 9.99. The lowest BCUT2D eigenvalue weighted by Crippen LogP contribution is -2.45. The summed E-state index contributed by atoms with van der Waals surface area (Å²) in [5, 5.41) is 25.5. The second-order valence-corrected chi connectivity index (χ2v) is 8.20. The molecule has 0 saturated heterocycles. The second kappa shape index (κ2) is 8.20. The van der Waals surface area contributed by atoms with E-state index in [1.807, 2.05) is 0 Å². The van der Waals surface area contributed by atoms with Crippen molar-refractivity contribution in [3.63, 3.8) is 0 Å². The van der Waals surface area contributed by atoms with Crippen LogP contribution < -0.4 is 5.32 Å². The van der Waals surface area contributed by atoms with Gasteiger partial charge >= 0.3 is 6.03 Å². The lowest BCUT2D eigenvalue weighted by molar-refractivity contribution is 0.0761. The minimum absolute atomic E-state index is 0.0783. The number of nitrogens with zero attached hydrogens (tertiary/aromatic N) is 5. The minimum Gasteiger partial charge on any atom is -0.396 e. The van der Waals surface area contributed by atoms with E-state index >= 15 is 0 Å². The van der Waals surface area contributed by atoms with Crippen LogP contribution in [0.4, 0.5) is 19.3 Å². The highest BCUT2D eigenvalue weighted by molar-refractivity contribution is 5.95. The Hall–Kier alpha value is -3.52. The van der Waals surface area contributed by atoms with Crippen molar-refractivity contribution in [1.29, 1.82) is 5.26 Å². The van der Waals surface area contributed by atoms with Crippen LogP contribution in [0.25, 0.3) is 0 Å². The molecular weight excluding hydrogens is 422 g/mol. The van der Waals surface area contributed by atoms with Gasteiger partial charge in [0, 0.05) is 50.7 Å². The van der Waals surface area contributed by atoms with Crippen LogP contribution in [0.2, 0.25) is 0 Å². The summed E-state index contributed by atoms with van der Waals surface area (Å²) in [5.41, 5.74) is 0.623. The average Bonchev–Trinajstić information content (AvgIpc) is 3.04. The predicted octanol–water partition coefficient (Wildman–Crippen LogP) is 1.71. The topological polar surface area (TPSA) is 114 Å². The summed E-state index contributed by atoms with van der Waals surface area (Å²) >= 11 is 0. The Morgan fingerprint density at radius 2 is 2.12 bits per heavy atom. The van der Waals surface area contributed by atoms with Gasteiger partial charge in [0.05, 0.1) is 17.9 Å². The van der Waals surface area contributed by atoms with Crippen LogP contribution in [-0.4, -0.2) is 62.9 Å². The molecule has 0 aliphatic carbocycles. The molecule has 11 heteroatoms. The largest absolute Gasteiger partial charge is 0.396 e. The van der Waals surface area contributed by atoms with Gasteiger partial charge < -0.3 is 20.2 Å². The maximum absolute atomic E-state index is 14.4. The summed E-state index contributed by atoms with van der Waals surface area (Å²) < 4.78 is 29.6. The first-order valence-corrected chi connectivity index (χ1v) is 10.2. The van der Waals surface area contributed by atoms with Gasteiger partial charge in [0.1, 0.15) is 23.1 Å². The number of urea groups is 1. The molecule has 9 nitrogen and oxygen atoms in total. The molecule has 2 atom stereocenters.